The predicted molar refractivity (Wildman–Crippen MR) is 155 cm³/mol. The number of allylic oxidation sites excluding steroid dienone is 1. The van der Waals surface area contributed by atoms with Crippen LogP contribution in [0, 0.1) is 0 Å². The van der Waals surface area contributed by atoms with Crippen LogP contribution >= 0.6 is 11.7 Å². The van der Waals surface area contributed by atoms with E-state index in [1.165, 1.54) is 0 Å². The van der Waals surface area contributed by atoms with Crippen molar-refractivity contribution in [2.75, 3.05) is 19.0 Å². The van der Waals surface area contributed by atoms with Gasteiger partial charge in [-0.05, 0) is 65.2 Å². The van der Waals surface area contributed by atoms with Crippen LogP contribution in [0.25, 0.3) is 16.6 Å². The maximum atomic E-state index is 14.0. The van der Waals surface area contributed by atoms with E-state index in [4.69, 9.17) is 4.74 Å². The molecule has 0 bridgehead atoms. The molecule has 1 aromatic heterocycles. The number of benzene rings is 4. The molecule has 5 aromatic rings. The van der Waals surface area contributed by atoms with Gasteiger partial charge in [0, 0.05) is 42.9 Å². The first-order chi connectivity index (χ1) is 19.4. The van der Waals surface area contributed by atoms with Gasteiger partial charge in [-0.25, -0.2) is 0 Å². The first-order valence-corrected chi connectivity index (χ1v) is 13.4. The second-order valence-electron chi connectivity index (χ2n) is 9.48. The number of hydrogen-bond donors (Lipinski definition) is 0. The van der Waals surface area contributed by atoms with Gasteiger partial charge < -0.3 is 19.5 Å². The Balaban J connectivity index is 0.00000387. The van der Waals surface area contributed by atoms with Gasteiger partial charge in [0.05, 0.1) is 17.7 Å². The number of ether oxygens (including phenoxy) is 1. The summed E-state index contributed by atoms with van der Waals surface area (Å²) >= 11 is 1.04. The zero-order valence-electron chi connectivity index (χ0n) is 23.0. The molecule has 0 unspecified atom stereocenters. The van der Waals surface area contributed by atoms with Crippen LogP contribution in [0.1, 0.15) is 27.0 Å². The number of carboxylic acids is 1. The number of nitrogens with zero attached hydrogens (tertiary/aromatic N) is 3. The largest absolute Gasteiger partial charge is 1.00 e. The summed E-state index contributed by atoms with van der Waals surface area (Å²) in [6.07, 6.45) is 0.101. The van der Waals surface area contributed by atoms with Crippen LogP contribution in [0.4, 0.5) is 5.69 Å². The molecular formula is C32H26N3NaO4S. The van der Waals surface area contributed by atoms with Crippen LogP contribution < -0.4 is 44.3 Å². The van der Waals surface area contributed by atoms with Crippen molar-refractivity contribution in [3.63, 3.8) is 0 Å². The Kier molecular flexibility index (Phi) is 10.1. The zero-order chi connectivity index (χ0) is 28.1. The number of hydrogen-bond acceptors (Lipinski definition) is 8. The van der Waals surface area contributed by atoms with E-state index in [9.17, 15) is 14.7 Å². The topological polar surface area (TPSA) is 95.5 Å². The predicted octanol–water partition coefficient (Wildman–Crippen LogP) is 1.97. The van der Waals surface area contributed by atoms with Gasteiger partial charge in [-0.2, -0.15) is 8.75 Å². The molecule has 0 radical (unpaired) electrons. The maximum absolute atomic E-state index is 14.0. The van der Waals surface area contributed by atoms with Crippen molar-refractivity contribution < 1.29 is 49.0 Å². The first kappa shape index (κ1) is 30.1. The van der Waals surface area contributed by atoms with Crippen molar-refractivity contribution in [2.45, 2.75) is 13.0 Å². The third-order valence-corrected chi connectivity index (χ3v) is 7.05. The van der Waals surface area contributed by atoms with Crippen molar-refractivity contribution in [2.24, 2.45) is 0 Å². The molecule has 0 saturated carbocycles. The van der Waals surface area contributed by atoms with Gasteiger partial charge in [0.25, 0.3) is 0 Å². The van der Waals surface area contributed by atoms with Gasteiger partial charge in [-0.1, -0.05) is 48.5 Å². The number of aliphatic carboxylic acids is 1. The molecule has 0 atom stereocenters. The number of rotatable bonds is 10. The molecule has 0 aliphatic carbocycles. The van der Waals surface area contributed by atoms with Crippen molar-refractivity contribution in [3.05, 3.63) is 125 Å². The third kappa shape index (κ3) is 7.28. The number of Topliss-reactive ketones (excluding diaryl/α,β-unsaturated/α-hetero) is 1. The minimum absolute atomic E-state index is 0. The van der Waals surface area contributed by atoms with Crippen LogP contribution in [0.5, 0.6) is 5.75 Å². The summed E-state index contributed by atoms with van der Waals surface area (Å²) in [7, 11) is 3.85. The summed E-state index contributed by atoms with van der Waals surface area (Å²) in [5.41, 5.74) is 4.62. The second kappa shape index (κ2) is 13.7. The molecule has 7 nitrogen and oxygen atoms in total. The van der Waals surface area contributed by atoms with Crippen molar-refractivity contribution in [1.82, 2.24) is 8.75 Å². The Morgan fingerprint density at radius 3 is 2.20 bits per heavy atom. The summed E-state index contributed by atoms with van der Waals surface area (Å²) in [5, 5.41) is 12.6. The summed E-state index contributed by atoms with van der Waals surface area (Å²) < 4.78 is 14.3. The van der Waals surface area contributed by atoms with E-state index < -0.39 is 11.8 Å². The quantitative estimate of drug-likeness (QED) is 0.144. The molecule has 0 spiro atoms. The molecule has 4 aromatic carbocycles. The SMILES string of the molecule is CN(C)c1cccc(CC(C(=O)c2ccc(OCc3ccccc3)cc2)=C(C(=O)[O-])c2ccc3nsnc3c2)c1.[Na+]. The summed E-state index contributed by atoms with van der Waals surface area (Å²) in [6, 6.07) is 29.1. The monoisotopic (exact) mass is 571 g/mol. The molecule has 1 heterocycles. The van der Waals surface area contributed by atoms with Crippen molar-refractivity contribution >= 4 is 45.8 Å². The first-order valence-electron chi connectivity index (χ1n) is 12.6. The third-order valence-electron chi connectivity index (χ3n) is 6.50. The molecule has 0 aliphatic rings. The van der Waals surface area contributed by atoms with E-state index in [1.54, 1.807) is 42.5 Å². The molecule has 5 rings (SSSR count). The number of carbonyl (C=O) groups excluding carboxylic acids is 2. The van der Waals surface area contributed by atoms with Crippen LogP contribution in [0.2, 0.25) is 0 Å². The van der Waals surface area contributed by atoms with Gasteiger partial charge in [-0.15, -0.1) is 0 Å². The number of aromatic nitrogens is 2. The van der Waals surface area contributed by atoms with E-state index in [1.807, 2.05) is 73.6 Å². The fourth-order valence-electron chi connectivity index (χ4n) is 4.40. The maximum Gasteiger partial charge on any atom is 1.00 e. The van der Waals surface area contributed by atoms with E-state index in [0.29, 0.717) is 34.5 Å². The average molecular weight is 572 g/mol. The van der Waals surface area contributed by atoms with E-state index >= 15 is 0 Å². The molecule has 9 heteroatoms. The minimum Gasteiger partial charge on any atom is -0.545 e. The number of carboxylic acid groups (broad SMARTS) is 1. The van der Waals surface area contributed by atoms with E-state index in [-0.39, 0.29) is 47.1 Å². The standard InChI is InChI=1S/C32H27N3O4S.Na/c1-35(2)25-10-6-9-22(17-25)18-27(30(32(37)38)24-13-16-28-29(19-24)34-40-33-28)31(36)23-11-14-26(15-12-23)39-20-21-7-4-3-5-8-21;/h3-17,19H,18,20H2,1-2H3,(H,37,38);/q;+1/p-1. The fourth-order valence-corrected chi connectivity index (χ4v) is 4.92. The number of anilines is 1. The molecule has 0 saturated heterocycles. The molecule has 0 N–H and O–H groups in total. The molecule has 0 fully saturated rings. The van der Waals surface area contributed by atoms with Gasteiger partial charge in [0.2, 0.25) is 0 Å². The summed E-state index contributed by atoms with van der Waals surface area (Å²) in [6.45, 7) is 0.393. The molecule has 41 heavy (non-hydrogen) atoms. The van der Waals surface area contributed by atoms with Gasteiger partial charge in [0.15, 0.2) is 5.78 Å². The molecule has 0 amide bonds. The van der Waals surface area contributed by atoms with Crippen LogP contribution in [-0.2, 0) is 17.8 Å². The smallest absolute Gasteiger partial charge is 0.545 e. The molecule has 0 aliphatic heterocycles. The average Bonchev–Trinajstić information content (AvgIpc) is 3.44. The van der Waals surface area contributed by atoms with Crippen LogP contribution in [-0.4, -0.2) is 34.6 Å². The molecular weight excluding hydrogens is 545 g/mol. The number of fused-ring (bicyclic) bond motifs is 1. The summed E-state index contributed by atoms with van der Waals surface area (Å²) in [4.78, 5) is 28.5. The Hall–Kier alpha value is -3.82. The van der Waals surface area contributed by atoms with Gasteiger partial charge in [-0.3, -0.25) is 4.79 Å². The number of carbonyl (C=O) groups is 2. The number of ketones is 1. The second-order valence-corrected chi connectivity index (χ2v) is 10.0. The van der Waals surface area contributed by atoms with Crippen molar-refractivity contribution in [1.29, 1.82) is 0 Å². The van der Waals surface area contributed by atoms with E-state index in [2.05, 4.69) is 8.75 Å². The minimum atomic E-state index is -1.43. The van der Waals surface area contributed by atoms with Crippen LogP contribution in [0.3, 0.4) is 0 Å². The Labute approximate surface area is 264 Å². The van der Waals surface area contributed by atoms with E-state index in [0.717, 1.165) is 28.5 Å². The Bertz CT molecular complexity index is 1700. The van der Waals surface area contributed by atoms with Crippen LogP contribution in [0.15, 0.2) is 103 Å². The zero-order valence-corrected chi connectivity index (χ0v) is 25.9. The van der Waals surface area contributed by atoms with Gasteiger partial charge in [0.1, 0.15) is 23.4 Å². The fraction of sp³-hybridized carbons (Fsp3) is 0.125. The Morgan fingerprint density at radius 1 is 0.805 bits per heavy atom. The summed E-state index contributed by atoms with van der Waals surface area (Å²) in [5.74, 6) is -1.23. The van der Waals surface area contributed by atoms with Gasteiger partial charge >= 0.3 is 29.6 Å². The van der Waals surface area contributed by atoms with Crippen molar-refractivity contribution in [3.8, 4) is 5.75 Å². The molecule has 200 valence electrons. The normalized spacial score (nSPS) is 11.4. The Morgan fingerprint density at radius 2 is 1.49 bits per heavy atom.